The van der Waals surface area contributed by atoms with Crippen molar-refractivity contribution in [1.82, 2.24) is 4.90 Å². The van der Waals surface area contributed by atoms with E-state index in [2.05, 4.69) is 0 Å². The number of amidine groups is 1. The highest BCUT2D eigenvalue weighted by Gasteiger charge is 2.39. The Morgan fingerprint density at radius 3 is 2.17 bits per heavy atom. The fourth-order valence-corrected chi connectivity index (χ4v) is 2.03. The molecule has 0 saturated carbocycles. The number of nitrogens with zero attached hydrogens (tertiary/aromatic N) is 1. The van der Waals surface area contributed by atoms with Crippen molar-refractivity contribution >= 4 is 34.7 Å². The van der Waals surface area contributed by atoms with Gasteiger partial charge < -0.3 is 5.73 Å². The van der Waals surface area contributed by atoms with Crippen LogP contribution in [-0.2, 0) is 4.79 Å². The third-order valence-corrected chi connectivity index (χ3v) is 3.10. The molecule has 0 bridgehead atoms. The normalized spacial score (nSPS) is 13.7. The Balaban J connectivity index is 2.23. The van der Waals surface area contributed by atoms with Gasteiger partial charge in [-0.15, -0.1) is 0 Å². The Morgan fingerprint density at radius 1 is 1.22 bits per heavy atom. The summed E-state index contributed by atoms with van der Waals surface area (Å²) in [5.41, 5.74) is 5.55. The minimum Gasteiger partial charge on any atom is -0.379 e. The molecule has 0 radical (unpaired) electrons. The number of thioether (sulfide) groups is 1. The van der Waals surface area contributed by atoms with Gasteiger partial charge in [-0.1, -0.05) is 23.9 Å². The second-order valence-corrected chi connectivity index (χ2v) is 4.56. The van der Waals surface area contributed by atoms with Crippen LogP contribution in [-0.4, -0.2) is 33.5 Å². The van der Waals surface area contributed by atoms with E-state index >= 15 is 0 Å². The maximum Gasteiger partial charge on any atom is 0.268 e. The lowest BCUT2D eigenvalue weighted by Crippen LogP contribution is -2.37. The molecule has 6 nitrogen and oxygen atoms in total. The molecule has 0 unspecified atom stereocenters. The first-order valence-corrected chi connectivity index (χ1v) is 5.98. The van der Waals surface area contributed by atoms with Crippen molar-refractivity contribution < 1.29 is 14.4 Å². The van der Waals surface area contributed by atoms with Crippen LogP contribution in [0.2, 0.25) is 0 Å². The molecule has 0 aliphatic carbocycles. The summed E-state index contributed by atoms with van der Waals surface area (Å²) in [6.07, 6.45) is 0. The largest absolute Gasteiger partial charge is 0.379 e. The fraction of sp³-hybridized carbons (Fsp3) is 0.0909. The minimum absolute atomic E-state index is 0.208. The molecule has 0 aromatic heterocycles. The van der Waals surface area contributed by atoms with Crippen LogP contribution < -0.4 is 5.73 Å². The number of nitrogens with two attached hydrogens (primary N) is 1. The third-order valence-electron chi connectivity index (χ3n) is 2.39. The van der Waals surface area contributed by atoms with Crippen LogP contribution in [0.5, 0.6) is 0 Å². The molecular formula is C11H9N3O3S. The number of hydrogen-bond acceptors (Lipinski definition) is 5. The molecule has 1 aromatic carbocycles. The molecule has 1 aliphatic heterocycles. The number of imide groups is 3. The monoisotopic (exact) mass is 263 g/mol. The molecule has 0 fully saturated rings. The number of carbonyl (C=O) groups excluding carboxylic acids is 3. The van der Waals surface area contributed by atoms with Crippen molar-refractivity contribution in [1.29, 1.82) is 5.41 Å². The van der Waals surface area contributed by atoms with E-state index in [1.807, 2.05) is 0 Å². The Morgan fingerprint density at radius 2 is 1.72 bits per heavy atom. The zero-order chi connectivity index (χ0) is 13.3. The molecule has 1 aliphatic rings. The van der Waals surface area contributed by atoms with Gasteiger partial charge in [-0.3, -0.25) is 19.8 Å². The predicted molar refractivity (Wildman–Crippen MR) is 66.3 cm³/mol. The molecule has 92 valence electrons. The summed E-state index contributed by atoms with van der Waals surface area (Å²) in [7, 11) is 0. The molecule has 0 atom stereocenters. The number of amides is 3. The zero-order valence-electron chi connectivity index (χ0n) is 9.17. The topological polar surface area (TPSA) is 104 Å². The average Bonchev–Trinajstić information content (AvgIpc) is 2.60. The molecular weight excluding hydrogens is 254 g/mol. The van der Waals surface area contributed by atoms with E-state index in [0.717, 1.165) is 11.8 Å². The Labute approximate surface area is 107 Å². The number of fused-ring (bicyclic) bond motifs is 1. The van der Waals surface area contributed by atoms with Gasteiger partial charge in [0.1, 0.15) is 0 Å². The Hall–Kier alpha value is -2.15. The fourth-order valence-electron chi connectivity index (χ4n) is 1.62. The van der Waals surface area contributed by atoms with E-state index in [4.69, 9.17) is 11.1 Å². The molecule has 1 heterocycles. The maximum absolute atomic E-state index is 11.9. The van der Waals surface area contributed by atoms with Crippen LogP contribution in [0.3, 0.4) is 0 Å². The molecule has 3 N–H and O–H groups in total. The molecule has 7 heteroatoms. The van der Waals surface area contributed by atoms with Gasteiger partial charge >= 0.3 is 0 Å². The van der Waals surface area contributed by atoms with Crippen LogP contribution in [0.25, 0.3) is 0 Å². The van der Waals surface area contributed by atoms with Gasteiger partial charge in [-0.25, -0.2) is 4.90 Å². The summed E-state index contributed by atoms with van der Waals surface area (Å²) in [5.74, 6) is -2.11. The van der Waals surface area contributed by atoms with E-state index in [9.17, 15) is 14.4 Å². The van der Waals surface area contributed by atoms with Crippen LogP contribution in [0.15, 0.2) is 24.3 Å². The van der Waals surface area contributed by atoms with Crippen LogP contribution in [0.4, 0.5) is 0 Å². The first kappa shape index (κ1) is 12.3. The molecule has 0 spiro atoms. The van der Waals surface area contributed by atoms with Crippen molar-refractivity contribution in [2.24, 2.45) is 5.73 Å². The highest BCUT2D eigenvalue weighted by atomic mass is 32.2. The van der Waals surface area contributed by atoms with E-state index in [1.54, 1.807) is 12.1 Å². The summed E-state index contributed by atoms with van der Waals surface area (Å²) < 4.78 is 0. The van der Waals surface area contributed by atoms with E-state index < -0.39 is 17.7 Å². The van der Waals surface area contributed by atoms with E-state index in [-0.39, 0.29) is 22.0 Å². The predicted octanol–water partition coefficient (Wildman–Crippen LogP) is 0.436. The van der Waals surface area contributed by atoms with Crippen molar-refractivity contribution in [3.05, 3.63) is 35.4 Å². The van der Waals surface area contributed by atoms with Crippen molar-refractivity contribution in [2.75, 3.05) is 5.75 Å². The number of nitrogens with one attached hydrogen (secondary N) is 1. The van der Waals surface area contributed by atoms with Gasteiger partial charge in [-0.05, 0) is 12.1 Å². The smallest absolute Gasteiger partial charge is 0.268 e. The van der Waals surface area contributed by atoms with Crippen molar-refractivity contribution in [2.45, 2.75) is 0 Å². The van der Waals surface area contributed by atoms with Crippen molar-refractivity contribution in [3.63, 3.8) is 0 Å². The second-order valence-electron chi connectivity index (χ2n) is 3.54. The first-order valence-electron chi connectivity index (χ1n) is 5.00. The van der Waals surface area contributed by atoms with Gasteiger partial charge in [0.15, 0.2) is 5.17 Å². The highest BCUT2D eigenvalue weighted by molar-refractivity contribution is 8.14. The lowest BCUT2D eigenvalue weighted by atomic mass is 10.1. The number of carbonyl (C=O) groups is 3. The standard InChI is InChI=1S/C11H9N3O3S/c12-11(13)18-5-8(15)14-9(16)6-3-1-2-4-7(6)10(14)17/h1-4H,5H2,(H3,12,13). The quantitative estimate of drug-likeness (QED) is 0.457. The summed E-state index contributed by atoms with van der Waals surface area (Å²) in [6, 6.07) is 6.26. The van der Waals surface area contributed by atoms with Crippen LogP contribution in [0, 0.1) is 5.41 Å². The van der Waals surface area contributed by atoms with Gasteiger partial charge in [0.05, 0.1) is 16.9 Å². The Bertz CT molecular complexity index is 535. The summed E-state index contributed by atoms with van der Waals surface area (Å²) in [4.78, 5) is 36.1. The van der Waals surface area contributed by atoms with Crippen LogP contribution >= 0.6 is 11.8 Å². The number of rotatable bonds is 2. The average molecular weight is 263 g/mol. The minimum atomic E-state index is -0.665. The van der Waals surface area contributed by atoms with Gasteiger partial charge in [-0.2, -0.15) is 0 Å². The number of benzene rings is 1. The van der Waals surface area contributed by atoms with Crippen LogP contribution in [0.1, 0.15) is 20.7 Å². The Kier molecular flexibility index (Phi) is 3.15. The molecule has 0 saturated heterocycles. The number of hydrogen-bond donors (Lipinski definition) is 2. The molecule has 1 aromatic rings. The summed E-state index contributed by atoms with van der Waals surface area (Å²) in [5, 5.41) is 6.75. The lowest BCUT2D eigenvalue weighted by molar-refractivity contribution is -0.123. The highest BCUT2D eigenvalue weighted by Crippen LogP contribution is 2.23. The van der Waals surface area contributed by atoms with E-state index in [1.165, 1.54) is 12.1 Å². The van der Waals surface area contributed by atoms with Crippen molar-refractivity contribution in [3.8, 4) is 0 Å². The van der Waals surface area contributed by atoms with Gasteiger partial charge in [0, 0.05) is 0 Å². The second kappa shape index (κ2) is 4.61. The third kappa shape index (κ3) is 2.00. The summed E-state index contributed by atoms with van der Waals surface area (Å²) in [6.45, 7) is 0. The summed E-state index contributed by atoms with van der Waals surface area (Å²) >= 11 is 0.774. The van der Waals surface area contributed by atoms with Gasteiger partial charge in [0.2, 0.25) is 5.91 Å². The molecule has 3 amide bonds. The molecule has 18 heavy (non-hydrogen) atoms. The first-order chi connectivity index (χ1) is 8.52. The SMILES string of the molecule is N=C(N)SCC(=O)N1C(=O)c2ccccc2C1=O. The zero-order valence-corrected chi connectivity index (χ0v) is 9.99. The van der Waals surface area contributed by atoms with E-state index in [0.29, 0.717) is 4.90 Å². The maximum atomic E-state index is 11.9. The molecule has 2 rings (SSSR count). The van der Waals surface area contributed by atoms with Gasteiger partial charge in [0.25, 0.3) is 11.8 Å². The lowest BCUT2D eigenvalue weighted by Gasteiger charge is -2.10.